The van der Waals surface area contributed by atoms with Crippen molar-refractivity contribution in [1.29, 1.82) is 0 Å². The van der Waals surface area contributed by atoms with Gasteiger partial charge in [0.05, 0.1) is 5.92 Å². The lowest BCUT2D eigenvalue weighted by Gasteiger charge is -2.26. The molecule has 2 unspecified atom stereocenters. The van der Waals surface area contributed by atoms with Crippen LogP contribution in [0.25, 0.3) is 0 Å². The van der Waals surface area contributed by atoms with Gasteiger partial charge in [0.15, 0.2) is 0 Å². The van der Waals surface area contributed by atoms with Crippen molar-refractivity contribution in [3.05, 3.63) is 0 Å². The largest absolute Gasteiger partial charge is 0.353 e. The van der Waals surface area contributed by atoms with Crippen LogP contribution in [0.5, 0.6) is 0 Å². The summed E-state index contributed by atoms with van der Waals surface area (Å²) in [6.07, 6.45) is 14.5. The van der Waals surface area contributed by atoms with Gasteiger partial charge in [0.2, 0.25) is 5.91 Å². The first kappa shape index (κ1) is 14.8. The average molecular weight is 266 g/mol. The van der Waals surface area contributed by atoms with Crippen LogP contribution in [0, 0.1) is 5.92 Å². The lowest BCUT2D eigenvalue weighted by molar-refractivity contribution is -0.126. The van der Waals surface area contributed by atoms with Gasteiger partial charge in [-0.05, 0) is 25.7 Å². The van der Waals surface area contributed by atoms with Crippen molar-refractivity contribution in [1.82, 2.24) is 5.32 Å². The molecule has 2 atom stereocenters. The fourth-order valence-electron chi connectivity index (χ4n) is 3.57. The molecule has 2 rings (SSSR count). The van der Waals surface area contributed by atoms with E-state index in [4.69, 9.17) is 5.73 Å². The summed E-state index contributed by atoms with van der Waals surface area (Å²) < 4.78 is 0. The predicted octanol–water partition coefficient (Wildman–Crippen LogP) is 3.12. The number of carbonyl (C=O) groups is 1. The third-order valence-electron chi connectivity index (χ3n) is 4.86. The van der Waals surface area contributed by atoms with Crippen molar-refractivity contribution in [2.75, 3.05) is 0 Å². The molecule has 0 saturated heterocycles. The lowest BCUT2D eigenvalue weighted by atomic mass is 9.92. The van der Waals surface area contributed by atoms with Crippen molar-refractivity contribution < 1.29 is 4.79 Å². The first-order chi connectivity index (χ1) is 9.27. The molecular weight excluding hydrogens is 236 g/mol. The topological polar surface area (TPSA) is 55.1 Å². The van der Waals surface area contributed by atoms with Gasteiger partial charge in [-0.3, -0.25) is 4.79 Å². The van der Waals surface area contributed by atoms with E-state index in [0.717, 1.165) is 32.1 Å². The Hall–Kier alpha value is -0.570. The molecule has 2 aliphatic carbocycles. The Balaban J connectivity index is 1.83. The van der Waals surface area contributed by atoms with Crippen LogP contribution in [0.2, 0.25) is 0 Å². The Morgan fingerprint density at radius 2 is 1.32 bits per heavy atom. The minimum Gasteiger partial charge on any atom is -0.353 e. The van der Waals surface area contributed by atoms with Crippen molar-refractivity contribution in [2.24, 2.45) is 11.7 Å². The SMILES string of the molecule is NC1CCCCCC1C(=O)NC1CCCCCCC1. The van der Waals surface area contributed by atoms with Crippen LogP contribution < -0.4 is 11.1 Å². The average Bonchev–Trinajstić information content (AvgIpc) is 2.57. The van der Waals surface area contributed by atoms with Gasteiger partial charge in [0.1, 0.15) is 0 Å². The number of amides is 1. The van der Waals surface area contributed by atoms with Gasteiger partial charge in [-0.1, -0.05) is 51.4 Å². The molecule has 0 heterocycles. The zero-order valence-electron chi connectivity index (χ0n) is 12.2. The van der Waals surface area contributed by atoms with Crippen LogP contribution in [0.1, 0.15) is 77.0 Å². The first-order valence-electron chi connectivity index (χ1n) is 8.33. The summed E-state index contributed by atoms with van der Waals surface area (Å²) >= 11 is 0. The smallest absolute Gasteiger partial charge is 0.224 e. The number of nitrogens with one attached hydrogen (secondary N) is 1. The van der Waals surface area contributed by atoms with E-state index in [1.807, 2.05) is 0 Å². The fourth-order valence-corrected chi connectivity index (χ4v) is 3.57. The number of nitrogens with two attached hydrogens (primary N) is 1. The van der Waals surface area contributed by atoms with Crippen LogP contribution in [0.3, 0.4) is 0 Å². The van der Waals surface area contributed by atoms with Gasteiger partial charge in [-0.25, -0.2) is 0 Å². The van der Waals surface area contributed by atoms with E-state index >= 15 is 0 Å². The second-order valence-corrected chi connectivity index (χ2v) is 6.46. The molecule has 2 saturated carbocycles. The van der Waals surface area contributed by atoms with Crippen molar-refractivity contribution in [2.45, 2.75) is 89.1 Å². The van der Waals surface area contributed by atoms with Gasteiger partial charge in [-0.2, -0.15) is 0 Å². The highest BCUT2D eigenvalue weighted by Crippen LogP contribution is 2.23. The van der Waals surface area contributed by atoms with Gasteiger partial charge < -0.3 is 11.1 Å². The molecule has 0 aromatic rings. The normalized spacial score (nSPS) is 31.0. The molecule has 2 fully saturated rings. The molecule has 0 aromatic heterocycles. The van der Waals surface area contributed by atoms with E-state index in [0.29, 0.717) is 6.04 Å². The van der Waals surface area contributed by atoms with Crippen molar-refractivity contribution in [3.63, 3.8) is 0 Å². The highest BCUT2D eigenvalue weighted by molar-refractivity contribution is 5.79. The number of rotatable bonds is 2. The maximum absolute atomic E-state index is 12.4. The Kier molecular flexibility index (Phi) is 6.15. The predicted molar refractivity (Wildman–Crippen MR) is 78.8 cm³/mol. The van der Waals surface area contributed by atoms with Gasteiger partial charge in [-0.15, -0.1) is 0 Å². The molecule has 0 radical (unpaired) electrons. The number of carbonyl (C=O) groups excluding carboxylic acids is 1. The maximum Gasteiger partial charge on any atom is 0.224 e. The molecule has 0 spiro atoms. The maximum atomic E-state index is 12.4. The minimum atomic E-state index is 0.0629. The summed E-state index contributed by atoms with van der Waals surface area (Å²) in [5.74, 6) is 0.299. The molecule has 3 N–H and O–H groups in total. The van der Waals surface area contributed by atoms with E-state index in [2.05, 4.69) is 5.32 Å². The van der Waals surface area contributed by atoms with Crippen LogP contribution in [0.4, 0.5) is 0 Å². The summed E-state index contributed by atoms with van der Waals surface area (Å²) in [6.45, 7) is 0. The fraction of sp³-hybridized carbons (Fsp3) is 0.938. The molecule has 0 aliphatic heterocycles. The molecule has 3 nitrogen and oxygen atoms in total. The molecule has 0 aromatic carbocycles. The van der Waals surface area contributed by atoms with E-state index in [9.17, 15) is 4.79 Å². The monoisotopic (exact) mass is 266 g/mol. The molecule has 2 aliphatic rings. The molecule has 19 heavy (non-hydrogen) atoms. The highest BCUT2D eigenvalue weighted by atomic mass is 16.2. The third kappa shape index (κ3) is 4.79. The first-order valence-corrected chi connectivity index (χ1v) is 8.33. The summed E-state index contributed by atoms with van der Waals surface area (Å²) in [5.41, 5.74) is 6.18. The Labute approximate surface area is 117 Å². The van der Waals surface area contributed by atoms with E-state index < -0.39 is 0 Å². The Morgan fingerprint density at radius 3 is 2.05 bits per heavy atom. The summed E-state index contributed by atoms with van der Waals surface area (Å²) in [5, 5.41) is 3.30. The van der Waals surface area contributed by atoms with Crippen LogP contribution in [-0.2, 0) is 4.79 Å². The molecule has 110 valence electrons. The number of hydrogen-bond acceptors (Lipinski definition) is 2. The minimum absolute atomic E-state index is 0.0629. The summed E-state index contributed by atoms with van der Waals surface area (Å²) in [4.78, 5) is 12.4. The Bertz CT molecular complexity index is 272. The van der Waals surface area contributed by atoms with Gasteiger partial charge in [0, 0.05) is 12.1 Å². The van der Waals surface area contributed by atoms with E-state index in [1.165, 1.54) is 44.9 Å². The van der Waals surface area contributed by atoms with Gasteiger partial charge >= 0.3 is 0 Å². The van der Waals surface area contributed by atoms with Crippen LogP contribution in [0.15, 0.2) is 0 Å². The van der Waals surface area contributed by atoms with Gasteiger partial charge in [0.25, 0.3) is 0 Å². The lowest BCUT2D eigenvalue weighted by Crippen LogP contribution is -2.45. The zero-order chi connectivity index (χ0) is 13.5. The standard InChI is InChI=1S/C16H30N2O/c17-15-12-8-4-7-11-14(15)16(19)18-13-9-5-2-1-3-6-10-13/h13-15H,1-12,17H2,(H,18,19). The second kappa shape index (κ2) is 7.88. The molecule has 3 heteroatoms. The molecule has 1 amide bonds. The van der Waals surface area contributed by atoms with E-state index in [-0.39, 0.29) is 17.9 Å². The zero-order valence-corrected chi connectivity index (χ0v) is 12.2. The molecule has 0 bridgehead atoms. The van der Waals surface area contributed by atoms with Crippen molar-refractivity contribution >= 4 is 5.91 Å². The third-order valence-corrected chi connectivity index (χ3v) is 4.86. The van der Waals surface area contributed by atoms with Crippen LogP contribution >= 0.6 is 0 Å². The summed E-state index contributed by atoms with van der Waals surface area (Å²) in [7, 11) is 0. The molecular formula is C16H30N2O. The highest BCUT2D eigenvalue weighted by Gasteiger charge is 2.28. The van der Waals surface area contributed by atoms with E-state index in [1.54, 1.807) is 0 Å². The van der Waals surface area contributed by atoms with Crippen molar-refractivity contribution in [3.8, 4) is 0 Å². The number of hydrogen-bond donors (Lipinski definition) is 2. The second-order valence-electron chi connectivity index (χ2n) is 6.46. The Morgan fingerprint density at radius 1 is 0.789 bits per heavy atom. The van der Waals surface area contributed by atoms with Crippen LogP contribution in [-0.4, -0.2) is 18.0 Å². The quantitative estimate of drug-likeness (QED) is 0.754. The summed E-state index contributed by atoms with van der Waals surface area (Å²) in [6, 6.07) is 0.485.